The van der Waals surface area contributed by atoms with E-state index >= 15 is 0 Å². The number of hydrogen-bond donors (Lipinski definition) is 2. The van der Waals surface area contributed by atoms with Crippen molar-refractivity contribution < 1.29 is 24.2 Å². The normalized spacial score (nSPS) is 13.3. The molecule has 1 aliphatic rings. The number of nitrogens with zero attached hydrogens (tertiary/aromatic N) is 2. The third-order valence-electron chi connectivity index (χ3n) is 5.95. The van der Waals surface area contributed by atoms with Crippen LogP contribution in [0.25, 0.3) is 0 Å². The Bertz CT molecular complexity index is 1190. The number of hydrogen-bond acceptors (Lipinski definition) is 7. The van der Waals surface area contributed by atoms with Gasteiger partial charge < -0.3 is 29.7 Å². The summed E-state index contributed by atoms with van der Waals surface area (Å²) in [4.78, 5) is 29.9. The minimum Gasteiger partial charge on any atom is -0.508 e. The molecule has 182 valence electrons. The summed E-state index contributed by atoms with van der Waals surface area (Å²) < 4.78 is 10.8. The van der Waals surface area contributed by atoms with Crippen LogP contribution < -0.4 is 19.9 Å². The summed E-state index contributed by atoms with van der Waals surface area (Å²) in [6.07, 6.45) is 0. The highest BCUT2D eigenvalue weighted by molar-refractivity contribution is 6.08. The van der Waals surface area contributed by atoms with E-state index in [4.69, 9.17) is 9.47 Å². The van der Waals surface area contributed by atoms with Gasteiger partial charge in [0.15, 0.2) is 0 Å². The molecule has 8 nitrogen and oxygen atoms in total. The van der Waals surface area contributed by atoms with Gasteiger partial charge in [0.05, 0.1) is 30.7 Å². The summed E-state index contributed by atoms with van der Waals surface area (Å²) in [6, 6.07) is 19.3. The van der Waals surface area contributed by atoms with Crippen LogP contribution in [0.3, 0.4) is 0 Å². The number of carbonyl (C=O) groups is 2. The molecule has 0 aliphatic carbocycles. The lowest BCUT2D eigenvalue weighted by Crippen LogP contribution is -2.46. The smallest absolute Gasteiger partial charge is 0.340 e. The highest BCUT2D eigenvalue weighted by Crippen LogP contribution is 2.30. The fourth-order valence-electron chi connectivity index (χ4n) is 4.12. The van der Waals surface area contributed by atoms with Gasteiger partial charge in [-0.3, -0.25) is 4.79 Å². The number of rotatable bonds is 7. The van der Waals surface area contributed by atoms with Crippen molar-refractivity contribution in [2.45, 2.75) is 6.92 Å². The molecule has 0 bridgehead atoms. The molecule has 2 N–H and O–H groups in total. The van der Waals surface area contributed by atoms with Gasteiger partial charge in [0.1, 0.15) is 11.5 Å². The van der Waals surface area contributed by atoms with Crippen molar-refractivity contribution in [3.8, 4) is 11.5 Å². The average molecular weight is 476 g/mol. The first-order valence-corrected chi connectivity index (χ1v) is 11.5. The number of amides is 1. The minimum absolute atomic E-state index is 0.0731. The van der Waals surface area contributed by atoms with Crippen LogP contribution in [-0.2, 0) is 4.74 Å². The molecule has 0 aromatic heterocycles. The van der Waals surface area contributed by atoms with Crippen LogP contribution in [0, 0.1) is 0 Å². The number of para-hydroxylation sites is 2. The molecule has 0 spiro atoms. The van der Waals surface area contributed by atoms with Crippen molar-refractivity contribution in [2.75, 3.05) is 55.0 Å². The Kier molecular flexibility index (Phi) is 7.40. The highest BCUT2D eigenvalue weighted by Gasteiger charge is 2.22. The van der Waals surface area contributed by atoms with Gasteiger partial charge in [-0.1, -0.05) is 12.1 Å². The van der Waals surface area contributed by atoms with E-state index in [0.717, 1.165) is 43.3 Å². The molecular formula is C27H29N3O5. The van der Waals surface area contributed by atoms with Gasteiger partial charge in [0.25, 0.3) is 5.91 Å². The molecule has 35 heavy (non-hydrogen) atoms. The lowest BCUT2D eigenvalue weighted by molar-refractivity contribution is 0.0527. The van der Waals surface area contributed by atoms with Crippen molar-refractivity contribution in [3.05, 3.63) is 77.9 Å². The van der Waals surface area contributed by atoms with Crippen LogP contribution in [0.4, 0.5) is 17.1 Å². The van der Waals surface area contributed by atoms with Crippen molar-refractivity contribution in [1.82, 2.24) is 0 Å². The summed E-state index contributed by atoms with van der Waals surface area (Å²) in [7, 11) is 1.67. The zero-order valence-electron chi connectivity index (χ0n) is 19.9. The number of piperazine rings is 1. The predicted molar refractivity (Wildman–Crippen MR) is 136 cm³/mol. The minimum atomic E-state index is -0.497. The fourth-order valence-corrected chi connectivity index (χ4v) is 4.12. The maximum absolute atomic E-state index is 12.7. The van der Waals surface area contributed by atoms with E-state index in [2.05, 4.69) is 21.2 Å². The number of phenols is 1. The first-order chi connectivity index (χ1) is 17.0. The maximum atomic E-state index is 12.7. The largest absolute Gasteiger partial charge is 0.508 e. The van der Waals surface area contributed by atoms with Crippen LogP contribution in [0.1, 0.15) is 27.6 Å². The zero-order chi connectivity index (χ0) is 24.8. The Morgan fingerprint density at radius 2 is 1.63 bits per heavy atom. The summed E-state index contributed by atoms with van der Waals surface area (Å²) in [5.41, 5.74) is 2.99. The third kappa shape index (κ3) is 5.48. The SMILES string of the molecule is CCOC(=O)c1cc(N2CCN(c3ccccc3OC)CC2)ccc1NC(=O)c1ccc(O)cc1. The first kappa shape index (κ1) is 23.9. The van der Waals surface area contributed by atoms with Crippen LogP contribution in [0.15, 0.2) is 66.7 Å². The molecule has 0 saturated carbocycles. The quantitative estimate of drug-likeness (QED) is 0.496. The van der Waals surface area contributed by atoms with E-state index in [1.165, 1.54) is 24.3 Å². The van der Waals surface area contributed by atoms with Gasteiger partial charge in [-0.15, -0.1) is 0 Å². The number of anilines is 3. The molecule has 3 aromatic carbocycles. The highest BCUT2D eigenvalue weighted by atomic mass is 16.5. The lowest BCUT2D eigenvalue weighted by Gasteiger charge is -2.38. The Morgan fingerprint density at radius 1 is 0.943 bits per heavy atom. The van der Waals surface area contributed by atoms with Crippen LogP contribution in [-0.4, -0.2) is 56.9 Å². The molecule has 1 heterocycles. The van der Waals surface area contributed by atoms with Crippen molar-refractivity contribution in [3.63, 3.8) is 0 Å². The molecule has 8 heteroatoms. The van der Waals surface area contributed by atoms with Gasteiger partial charge in [0.2, 0.25) is 0 Å². The van der Waals surface area contributed by atoms with Crippen LogP contribution in [0.5, 0.6) is 11.5 Å². The monoisotopic (exact) mass is 475 g/mol. The second kappa shape index (κ2) is 10.8. The zero-order valence-corrected chi connectivity index (χ0v) is 19.9. The number of aromatic hydroxyl groups is 1. The van der Waals surface area contributed by atoms with Crippen molar-refractivity contribution in [1.29, 1.82) is 0 Å². The average Bonchev–Trinajstić information content (AvgIpc) is 2.89. The molecule has 0 atom stereocenters. The number of carbonyl (C=O) groups excluding carboxylic acids is 2. The second-order valence-electron chi connectivity index (χ2n) is 8.10. The Morgan fingerprint density at radius 3 is 2.31 bits per heavy atom. The Balaban J connectivity index is 1.52. The summed E-state index contributed by atoms with van der Waals surface area (Å²) in [6.45, 7) is 5.10. The van der Waals surface area contributed by atoms with E-state index in [-0.39, 0.29) is 18.3 Å². The van der Waals surface area contributed by atoms with Crippen LogP contribution >= 0.6 is 0 Å². The molecule has 4 rings (SSSR count). The second-order valence-corrected chi connectivity index (χ2v) is 8.10. The molecule has 3 aromatic rings. The fraction of sp³-hybridized carbons (Fsp3) is 0.259. The van der Waals surface area contributed by atoms with Crippen molar-refractivity contribution in [2.24, 2.45) is 0 Å². The summed E-state index contributed by atoms with van der Waals surface area (Å²) >= 11 is 0. The topological polar surface area (TPSA) is 91.3 Å². The van der Waals surface area contributed by atoms with E-state index in [9.17, 15) is 14.7 Å². The van der Waals surface area contributed by atoms with Gasteiger partial charge in [-0.25, -0.2) is 4.79 Å². The Labute approximate surface area is 204 Å². The number of nitrogens with one attached hydrogen (secondary N) is 1. The molecule has 0 unspecified atom stereocenters. The molecule has 1 aliphatic heterocycles. The molecular weight excluding hydrogens is 446 g/mol. The van der Waals surface area contributed by atoms with Crippen molar-refractivity contribution >= 4 is 28.9 Å². The van der Waals surface area contributed by atoms with Gasteiger partial charge in [-0.2, -0.15) is 0 Å². The number of ether oxygens (including phenoxy) is 2. The molecule has 0 radical (unpaired) electrons. The molecule has 1 amide bonds. The van der Waals surface area contributed by atoms with Crippen LogP contribution in [0.2, 0.25) is 0 Å². The van der Waals surface area contributed by atoms with E-state index in [1.54, 1.807) is 26.2 Å². The van der Waals surface area contributed by atoms with Gasteiger partial charge >= 0.3 is 5.97 Å². The number of methoxy groups -OCH3 is 1. The van der Waals surface area contributed by atoms with E-state index in [1.807, 2.05) is 24.3 Å². The summed E-state index contributed by atoms with van der Waals surface area (Å²) in [5, 5.41) is 12.3. The molecule has 1 saturated heterocycles. The number of benzene rings is 3. The van der Waals surface area contributed by atoms with E-state index in [0.29, 0.717) is 16.8 Å². The van der Waals surface area contributed by atoms with Gasteiger partial charge in [-0.05, 0) is 61.5 Å². The first-order valence-electron chi connectivity index (χ1n) is 11.5. The Hall–Kier alpha value is -4.20. The maximum Gasteiger partial charge on any atom is 0.340 e. The standard InChI is InChI=1S/C27H29N3O5/c1-3-35-27(33)22-18-20(10-13-23(22)28-26(32)19-8-11-21(31)12-9-19)29-14-16-30(17-15-29)24-6-4-5-7-25(24)34-2/h4-13,18,31H,3,14-17H2,1-2H3,(H,28,32). The third-order valence-corrected chi connectivity index (χ3v) is 5.95. The number of esters is 1. The number of phenolic OH excluding ortho intramolecular Hbond substituents is 1. The summed E-state index contributed by atoms with van der Waals surface area (Å²) in [5.74, 6) is 0.0416. The molecule has 1 fully saturated rings. The predicted octanol–water partition coefficient (Wildman–Crippen LogP) is 4.16. The lowest BCUT2D eigenvalue weighted by atomic mass is 10.1. The van der Waals surface area contributed by atoms with Gasteiger partial charge in [0, 0.05) is 37.4 Å². The van der Waals surface area contributed by atoms with E-state index < -0.39 is 5.97 Å².